The molecule has 31 heavy (non-hydrogen) atoms. The quantitative estimate of drug-likeness (QED) is 0.322. The summed E-state index contributed by atoms with van der Waals surface area (Å²) in [6.07, 6.45) is 0. The number of anilines is 1. The summed E-state index contributed by atoms with van der Waals surface area (Å²) in [7, 11) is 3.18. The van der Waals surface area contributed by atoms with Gasteiger partial charge in [0.1, 0.15) is 21.7 Å². The molecule has 0 spiro atoms. The minimum absolute atomic E-state index is 0.259. The maximum Gasteiger partial charge on any atom is 0.260 e. The SMILES string of the molecule is COc1ccc(OC)c2sc(N(Cc3ccccc3)C(=O)c3cc(Cl)cc(Cl)c3)nc12. The number of carbonyl (C=O) groups excluding carboxylic acids is 1. The van der Waals surface area contributed by atoms with Gasteiger partial charge < -0.3 is 9.47 Å². The fraction of sp³-hybridized carbons (Fsp3) is 0.130. The number of rotatable bonds is 6. The van der Waals surface area contributed by atoms with Crippen molar-refractivity contribution in [2.24, 2.45) is 0 Å². The van der Waals surface area contributed by atoms with Gasteiger partial charge in [-0.3, -0.25) is 9.69 Å². The zero-order valence-corrected chi connectivity index (χ0v) is 19.1. The molecule has 0 aliphatic heterocycles. The third-order valence-electron chi connectivity index (χ3n) is 4.67. The van der Waals surface area contributed by atoms with Crippen LogP contribution in [0.5, 0.6) is 11.5 Å². The standard InChI is InChI=1S/C23H18Cl2N2O3S/c1-29-18-8-9-19(30-2)21-20(18)26-23(31-21)27(13-14-6-4-3-5-7-14)22(28)15-10-16(24)12-17(25)11-15/h3-12H,13H2,1-2H3. The number of amides is 1. The smallest absolute Gasteiger partial charge is 0.260 e. The predicted octanol–water partition coefficient (Wildman–Crippen LogP) is 6.47. The number of nitrogens with zero attached hydrogens (tertiary/aromatic N) is 2. The van der Waals surface area contributed by atoms with Crippen LogP contribution in [0.1, 0.15) is 15.9 Å². The summed E-state index contributed by atoms with van der Waals surface area (Å²) in [5.41, 5.74) is 1.98. The molecule has 3 aromatic carbocycles. The molecular formula is C23H18Cl2N2O3S. The number of aromatic nitrogens is 1. The van der Waals surface area contributed by atoms with E-state index < -0.39 is 0 Å². The van der Waals surface area contributed by atoms with E-state index in [0.29, 0.717) is 44.3 Å². The van der Waals surface area contributed by atoms with Crippen molar-refractivity contribution in [1.29, 1.82) is 0 Å². The first-order valence-electron chi connectivity index (χ1n) is 9.33. The second kappa shape index (κ2) is 9.14. The average Bonchev–Trinajstić information content (AvgIpc) is 3.21. The fourth-order valence-corrected chi connectivity index (χ4v) is 4.81. The van der Waals surface area contributed by atoms with Gasteiger partial charge in [-0.2, -0.15) is 0 Å². The van der Waals surface area contributed by atoms with Crippen molar-refractivity contribution in [2.75, 3.05) is 19.1 Å². The Labute approximate surface area is 193 Å². The lowest BCUT2D eigenvalue weighted by Crippen LogP contribution is -2.30. The molecule has 0 N–H and O–H groups in total. The van der Waals surface area contributed by atoms with Gasteiger partial charge in [-0.25, -0.2) is 4.98 Å². The first-order chi connectivity index (χ1) is 15.0. The zero-order valence-electron chi connectivity index (χ0n) is 16.8. The van der Waals surface area contributed by atoms with Crippen LogP contribution in [0.3, 0.4) is 0 Å². The third-order valence-corrected chi connectivity index (χ3v) is 6.20. The van der Waals surface area contributed by atoms with Crippen molar-refractivity contribution in [3.63, 3.8) is 0 Å². The molecule has 0 aliphatic rings. The molecular weight excluding hydrogens is 455 g/mol. The number of hydrogen-bond acceptors (Lipinski definition) is 5. The van der Waals surface area contributed by atoms with Crippen LogP contribution < -0.4 is 14.4 Å². The number of thiazole rings is 1. The lowest BCUT2D eigenvalue weighted by molar-refractivity contribution is 0.0985. The van der Waals surface area contributed by atoms with E-state index in [1.807, 2.05) is 36.4 Å². The number of ether oxygens (including phenoxy) is 2. The van der Waals surface area contributed by atoms with Gasteiger partial charge in [0, 0.05) is 15.6 Å². The van der Waals surface area contributed by atoms with Crippen LogP contribution in [0.4, 0.5) is 5.13 Å². The number of hydrogen-bond donors (Lipinski definition) is 0. The minimum Gasteiger partial charge on any atom is -0.495 e. The lowest BCUT2D eigenvalue weighted by atomic mass is 10.1. The maximum atomic E-state index is 13.6. The molecule has 158 valence electrons. The maximum absolute atomic E-state index is 13.6. The van der Waals surface area contributed by atoms with Crippen molar-refractivity contribution in [2.45, 2.75) is 6.54 Å². The van der Waals surface area contributed by atoms with Crippen LogP contribution in [-0.2, 0) is 6.54 Å². The Bertz CT molecular complexity index is 1180. The van der Waals surface area contributed by atoms with E-state index in [-0.39, 0.29) is 5.91 Å². The van der Waals surface area contributed by atoms with Crippen molar-refractivity contribution >= 4 is 55.8 Å². The monoisotopic (exact) mass is 472 g/mol. The highest BCUT2D eigenvalue weighted by Crippen LogP contribution is 2.41. The summed E-state index contributed by atoms with van der Waals surface area (Å²) in [6.45, 7) is 0.328. The summed E-state index contributed by atoms with van der Waals surface area (Å²) in [5, 5.41) is 1.30. The molecule has 1 heterocycles. The zero-order chi connectivity index (χ0) is 22.0. The molecule has 0 saturated carbocycles. The summed E-state index contributed by atoms with van der Waals surface area (Å²) in [4.78, 5) is 19.9. The molecule has 0 fully saturated rings. The largest absolute Gasteiger partial charge is 0.495 e. The molecule has 0 radical (unpaired) electrons. The van der Waals surface area contributed by atoms with E-state index in [0.717, 1.165) is 10.3 Å². The Balaban J connectivity index is 1.85. The highest BCUT2D eigenvalue weighted by molar-refractivity contribution is 7.22. The molecule has 8 heteroatoms. The second-order valence-electron chi connectivity index (χ2n) is 6.68. The van der Waals surface area contributed by atoms with Gasteiger partial charge >= 0.3 is 0 Å². The van der Waals surface area contributed by atoms with Crippen LogP contribution in [-0.4, -0.2) is 25.1 Å². The van der Waals surface area contributed by atoms with E-state index in [1.54, 1.807) is 43.4 Å². The minimum atomic E-state index is -0.259. The molecule has 1 aromatic heterocycles. The van der Waals surface area contributed by atoms with Gasteiger partial charge in [0.2, 0.25) is 0 Å². The van der Waals surface area contributed by atoms with Gasteiger partial charge in [0.15, 0.2) is 5.13 Å². The van der Waals surface area contributed by atoms with Crippen LogP contribution in [0.2, 0.25) is 10.0 Å². The highest BCUT2D eigenvalue weighted by Gasteiger charge is 2.24. The van der Waals surface area contributed by atoms with Crippen molar-refractivity contribution < 1.29 is 14.3 Å². The molecule has 0 atom stereocenters. The fourth-order valence-electron chi connectivity index (χ4n) is 3.22. The molecule has 5 nitrogen and oxygen atoms in total. The van der Waals surface area contributed by atoms with Crippen LogP contribution in [0.15, 0.2) is 60.7 Å². The number of halogens is 2. The van der Waals surface area contributed by atoms with E-state index >= 15 is 0 Å². The van der Waals surface area contributed by atoms with E-state index in [9.17, 15) is 4.79 Å². The molecule has 0 aliphatic carbocycles. The van der Waals surface area contributed by atoms with Crippen molar-refractivity contribution in [3.8, 4) is 11.5 Å². The van der Waals surface area contributed by atoms with Gasteiger partial charge in [-0.15, -0.1) is 0 Å². The van der Waals surface area contributed by atoms with E-state index in [2.05, 4.69) is 0 Å². The van der Waals surface area contributed by atoms with Crippen molar-refractivity contribution in [1.82, 2.24) is 4.98 Å². The molecule has 1 amide bonds. The number of carbonyl (C=O) groups is 1. The molecule has 0 unspecified atom stereocenters. The van der Waals surface area contributed by atoms with E-state index in [4.69, 9.17) is 37.7 Å². The Morgan fingerprint density at radius 3 is 2.26 bits per heavy atom. The average molecular weight is 473 g/mol. The summed E-state index contributed by atoms with van der Waals surface area (Å²) < 4.78 is 11.8. The Morgan fingerprint density at radius 2 is 1.61 bits per heavy atom. The Morgan fingerprint density at radius 1 is 0.968 bits per heavy atom. The topological polar surface area (TPSA) is 51.7 Å². The third kappa shape index (κ3) is 4.46. The second-order valence-corrected chi connectivity index (χ2v) is 8.53. The summed E-state index contributed by atoms with van der Waals surface area (Å²) >= 11 is 13.7. The normalized spacial score (nSPS) is 10.8. The number of fused-ring (bicyclic) bond motifs is 1. The van der Waals surface area contributed by atoms with Crippen LogP contribution in [0, 0.1) is 0 Å². The van der Waals surface area contributed by atoms with Crippen molar-refractivity contribution in [3.05, 3.63) is 81.8 Å². The van der Waals surface area contributed by atoms with Gasteiger partial charge in [0.05, 0.1) is 20.8 Å². The number of benzene rings is 3. The van der Waals surface area contributed by atoms with Crippen LogP contribution >= 0.6 is 34.5 Å². The van der Waals surface area contributed by atoms with E-state index in [1.165, 1.54) is 11.3 Å². The molecule has 4 rings (SSSR count). The summed E-state index contributed by atoms with van der Waals surface area (Å²) in [6, 6.07) is 18.1. The first-order valence-corrected chi connectivity index (χ1v) is 10.9. The summed E-state index contributed by atoms with van der Waals surface area (Å²) in [5.74, 6) is 1.01. The first kappa shape index (κ1) is 21.4. The molecule has 0 bridgehead atoms. The molecule has 4 aromatic rings. The van der Waals surface area contributed by atoms with Crippen LogP contribution in [0.25, 0.3) is 10.2 Å². The van der Waals surface area contributed by atoms with Gasteiger partial charge in [-0.05, 0) is 35.9 Å². The Hall–Kier alpha value is -2.80. The van der Waals surface area contributed by atoms with Gasteiger partial charge in [-0.1, -0.05) is 64.9 Å². The highest BCUT2D eigenvalue weighted by atomic mass is 35.5. The predicted molar refractivity (Wildman–Crippen MR) is 126 cm³/mol. The number of methoxy groups -OCH3 is 2. The lowest BCUT2D eigenvalue weighted by Gasteiger charge is -2.20. The molecule has 0 saturated heterocycles. The van der Waals surface area contributed by atoms with Gasteiger partial charge in [0.25, 0.3) is 5.91 Å². The Kier molecular flexibility index (Phi) is 6.32.